The van der Waals surface area contributed by atoms with E-state index in [9.17, 15) is 23.1 Å². The minimum Gasteiger partial charge on any atom is -0.492 e. The number of anilines is 2. The molecule has 11 heteroatoms. The highest BCUT2D eigenvalue weighted by Gasteiger charge is 2.38. The molecule has 2 aromatic rings. The molecule has 2 rings (SSSR count). The fraction of sp³-hybridized carbons (Fsp3) is 0.318. The number of aliphatic carboxylic acids is 1. The molecule has 0 aliphatic carbocycles. The third-order valence-corrected chi connectivity index (χ3v) is 4.98. The number of halogens is 3. The number of nitriles is 1. The molecule has 0 heterocycles. The number of likely N-dealkylation sites (N-methyl/N-ethyl adjacent to an activating group) is 1. The minimum absolute atomic E-state index is 0.0375. The van der Waals surface area contributed by atoms with Crippen LogP contribution in [0.1, 0.15) is 25.0 Å². The molecule has 0 bridgehead atoms. The van der Waals surface area contributed by atoms with E-state index >= 15 is 0 Å². The average Bonchev–Trinajstić information content (AvgIpc) is 2.74. The van der Waals surface area contributed by atoms with E-state index in [1.54, 1.807) is 31.3 Å². The van der Waals surface area contributed by atoms with Crippen molar-refractivity contribution >= 4 is 34.7 Å². The summed E-state index contributed by atoms with van der Waals surface area (Å²) < 4.78 is 45.5. The quantitative estimate of drug-likeness (QED) is 0.381. The number of thiocarbonyl (C=S) groups is 1. The molecule has 0 unspecified atom stereocenters. The summed E-state index contributed by atoms with van der Waals surface area (Å²) in [5.74, 6) is -0.639. The monoisotopic (exact) mass is 480 g/mol. The van der Waals surface area contributed by atoms with Gasteiger partial charge in [0.25, 0.3) is 0 Å². The Kier molecular flexibility index (Phi) is 8.24. The molecule has 0 aliphatic rings. The van der Waals surface area contributed by atoms with Gasteiger partial charge >= 0.3 is 12.1 Å². The molecule has 0 amide bonds. The van der Waals surface area contributed by atoms with Crippen molar-refractivity contribution in [1.29, 1.82) is 5.26 Å². The number of nitrogens with one attached hydrogen (secondary N) is 2. The molecule has 7 nitrogen and oxygen atoms in total. The van der Waals surface area contributed by atoms with Gasteiger partial charge in [-0.3, -0.25) is 0 Å². The van der Waals surface area contributed by atoms with E-state index in [1.165, 1.54) is 30.9 Å². The molecule has 2 aromatic carbocycles. The Bertz CT molecular complexity index is 1050. The van der Waals surface area contributed by atoms with Crippen molar-refractivity contribution in [3.05, 3.63) is 53.6 Å². The number of hydrogen-bond acceptors (Lipinski definition) is 5. The standard InChI is InChI=1S/C22H23F3N4O3S/c1-21(2,19(30)31)29(16-6-8-17(9-7-16)32-11-10-27-3)20(33)28-15-5-4-14(13-26)18(12-15)22(23,24)25/h4-9,12,27H,10-11H2,1-3H3,(H,28,33)(H,30,31). The van der Waals surface area contributed by atoms with Crippen molar-refractivity contribution in [2.24, 2.45) is 0 Å². The SMILES string of the molecule is CNCCOc1ccc(N(C(=S)Nc2ccc(C#N)c(C(F)(F)F)c2)C(C)(C)C(=O)O)cc1. The summed E-state index contributed by atoms with van der Waals surface area (Å²) in [7, 11) is 1.79. The van der Waals surface area contributed by atoms with Crippen LogP contribution >= 0.6 is 12.2 Å². The van der Waals surface area contributed by atoms with Crippen molar-refractivity contribution < 1.29 is 27.8 Å². The van der Waals surface area contributed by atoms with Crippen molar-refractivity contribution in [3.63, 3.8) is 0 Å². The van der Waals surface area contributed by atoms with Crippen LogP contribution in [0, 0.1) is 11.3 Å². The largest absolute Gasteiger partial charge is 0.492 e. The first-order chi connectivity index (χ1) is 15.4. The molecule has 0 aromatic heterocycles. The Labute approximate surface area is 194 Å². The number of carboxylic acids is 1. The van der Waals surface area contributed by atoms with Crippen LogP contribution in [0.5, 0.6) is 5.75 Å². The van der Waals surface area contributed by atoms with Crippen molar-refractivity contribution in [1.82, 2.24) is 5.32 Å². The second-order valence-electron chi connectivity index (χ2n) is 7.45. The number of nitrogens with zero attached hydrogens (tertiary/aromatic N) is 2. The Morgan fingerprint density at radius 2 is 1.85 bits per heavy atom. The number of alkyl halides is 3. The van der Waals surface area contributed by atoms with Crippen molar-refractivity contribution in [2.75, 3.05) is 30.4 Å². The zero-order valence-electron chi connectivity index (χ0n) is 18.2. The molecule has 0 saturated heterocycles. The van der Waals surface area contributed by atoms with Crippen LogP contribution in [-0.4, -0.2) is 41.9 Å². The fourth-order valence-corrected chi connectivity index (χ4v) is 3.34. The van der Waals surface area contributed by atoms with Gasteiger partial charge in [-0.25, -0.2) is 4.79 Å². The van der Waals surface area contributed by atoms with Gasteiger partial charge < -0.3 is 25.4 Å². The van der Waals surface area contributed by atoms with Crippen LogP contribution < -0.4 is 20.3 Å². The summed E-state index contributed by atoms with van der Waals surface area (Å²) in [6, 6.07) is 11.1. The van der Waals surface area contributed by atoms with Crippen LogP contribution in [-0.2, 0) is 11.0 Å². The van der Waals surface area contributed by atoms with Crippen LogP contribution in [0.25, 0.3) is 0 Å². The molecular formula is C22H23F3N4O3S. The highest BCUT2D eigenvalue weighted by molar-refractivity contribution is 7.80. The first-order valence-electron chi connectivity index (χ1n) is 9.75. The molecule has 3 N–H and O–H groups in total. The van der Waals surface area contributed by atoms with Crippen molar-refractivity contribution in [3.8, 4) is 11.8 Å². The number of carboxylic acid groups (broad SMARTS) is 1. The van der Waals surface area contributed by atoms with Gasteiger partial charge in [0.05, 0.1) is 17.2 Å². The van der Waals surface area contributed by atoms with E-state index in [4.69, 9.17) is 22.2 Å². The Morgan fingerprint density at radius 3 is 2.36 bits per heavy atom. The highest BCUT2D eigenvalue weighted by Crippen LogP contribution is 2.34. The van der Waals surface area contributed by atoms with Gasteiger partial charge in [-0.05, 0) is 75.6 Å². The molecule has 0 spiro atoms. The van der Waals surface area contributed by atoms with E-state index in [0.717, 1.165) is 12.1 Å². The van der Waals surface area contributed by atoms with E-state index < -0.39 is 28.8 Å². The van der Waals surface area contributed by atoms with Gasteiger partial charge in [-0.1, -0.05) is 0 Å². The second-order valence-corrected chi connectivity index (χ2v) is 7.83. The lowest BCUT2D eigenvalue weighted by Crippen LogP contribution is -2.54. The minimum atomic E-state index is -4.74. The smallest absolute Gasteiger partial charge is 0.417 e. The van der Waals surface area contributed by atoms with Crippen LogP contribution in [0.15, 0.2) is 42.5 Å². The summed E-state index contributed by atoms with van der Waals surface area (Å²) >= 11 is 5.39. The topological polar surface area (TPSA) is 97.6 Å². The summed E-state index contributed by atoms with van der Waals surface area (Å²) in [5, 5.41) is 24.2. The van der Waals surface area contributed by atoms with Gasteiger partial charge in [0, 0.05) is 17.9 Å². The number of rotatable bonds is 8. The second kappa shape index (κ2) is 10.5. The molecular weight excluding hydrogens is 457 g/mol. The van der Waals surface area contributed by atoms with E-state index in [2.05, 4.69) is 10.6 Å². The maximum absolute atomic E-state index is 13.3. The zero-order chi connectivity index (χ0) is 24.8. The molecule has 0 fully saturated rings. The summed E-state index contributed by atoms with van der Waals surface area (Å²) in [6.45, 7) is 3.90. The summed E-state index contributed by atoms with van der Waals surface area (Å²) in [6.07, 6.45) is -4.74. The van der Waals surface area contributed by atoms with Gasteiger partial charge in [-0.15, -0.1) is 0 Å². The highest BCUT2D eigenvalue weighted by atomic mass is 32.1. The average molecular weight is 481 g/mol. The molecule has 176 valence electrons. The van der Waals surface area contributed by atoms with Gasteiger partial charge in [0.1, 0.15) is 17.9 Å². The molecule has 0 radical (unpaired) electrons. The first-order valence-corrected chi connectivity index (χ1v) is 10.2. The number of carbonyl (C=O) groups is 1. The Hall–Kier alpha value is -3.36. The van der Waals surface area contributed by atoms with E-state index in [1.807, 2.05) is 0 Å². The lowest BCUT2D eigenvalue weighted by Gasteiger charge is -2.37. The maximum Gasteiger partial charge on any atom is 0.417 e. The van der Waals surface area contributed by atoms with Gasteiger partial charge in [0.15, 0.2) is 5.11 Å². The normalized spacial score (nSPS) is 11.4. The Balaban J connectivity index is 2.39. The summed E-state index contributed by atoms with van der Waals surface area (Å²) in [5.41, 5.74) is -2.84. The van der Waals surface area contributed by atoms with Gasteiger partial charge in [-0.2, -0.15) is 18.4 Å². The first kappa shape index (κ1) is 25.9. The maximum atomic E-state index is 13.3. The lowest BCUT2D eigenvalue weighted by atomic mass is 10.0. The molecule has 0 atom stereocenters. The predicted octanol–water partition coefficient (Wildman–Crippen LogP) is 4.24. The molecule has 33 heavy (non-hydrogen) atoms. The van der Waals surface area contributed by atoms with E-state index in [0.29, 0.717) is 24.6 Å². The third-order valence-electron chi connectivity index (χ3n) is 4.70. The van der Waals surface area contributed by atoms with Gasteiger partial charge in [0.2, 0.25) is 0 Å². The fourth-order valence-electron chi connectivity index (χ4n) is 2.89. The lowest BCUT2D eigenvalue weighted by molar-refractivity contribution is -0.141. The number of benzene rings is 2. The van der Waals surface area contributed by atoms with E-state index in [-0.39, 0.29) is 10.8 Å². The van der Waals surface area contributed by atoms with Crippen LogP contribution in [0.4, 0.5) is 24.5 Å². The number of ether oxygens (including phenoxy) is 1. The summed E-state index contributed by atoms with van der Waals surface area (Å²) in [4.78, 5) is 13.2. The zero-order valence-corrected chi connectivity index (χ0v) is 19.0. The van der Waals surface area contributed by atoms with Crippen LogP contribution in [0.3, 0.4) is 0 Å². The predicted molar refractivity (Wildman–Crippen MR) is 122 cm³/mol. The van der Waals surface area contributed by atoms with Crippen LogP contribution in [0.2, 0.25) is 0 Å². The number of hydrogen-bond donors (Lipinski definition) is 3. The third kappa shape index (κ3) is 6.34. The molecule has 0 saturated carbocycles. The van der Waals surface area contributed by atoms with Crippen molar-refractivity contribution in [2.45, 2.75) is 25.6 Å². The molecule has 0 aliphatic heterocycles. The Morgan fingerprint density at radius 1 is 1.21 bits per heavy atom.